The molecule has 0 atom stereocenters. The molecule has 0 spiro atoms. The quantitative estimate of drug-likeness (QED) is 0.783. The van der Waals surface area contributed by atoms with Gasteiger partial charge in [-0.15, -0.1) is 0 Å². The highest BCUT2D eigenvalue weighted by Gasteiger charge is 2.33. The summed E-state index contributed by atoms with van der Waals surface area (Å²) in [5.74, 6) is -0.691. The van der Waals surface area contributed by atoms with Crippen molar-refractivity contribution in [3.8, 4) is 5.75 Å². The van der Waals surface area contributed by atoms with Gasteiger partial charge in [0.2, 0.25) is 0 Å². The van der Waals surface area contributed by atoms with Crippen molar-refractivity contribution < 1.29 is 18.3 Å². The van der Waals surface area contributed by atoms with Crippen LogP contribution < -0.4 is 0 Å². The molecule has 0 aliphatic heterocycles. The number of alkyl halides is 3. The lowest BCUT2D eigenvalue weighted by atomic mass is 10.1. The Morgan fingerprint density at radius 1 is 1.29 bits per heavy atom. The summed E-state index contributed by atoms with van der Waals surface area (Å²) >= 11 is 0. The van der Waals surface area contributed by atoms with Gasteiger partial charge in [0.25, 0.3) is 0 Å². The van der Waals surface area contributed by atoms with E-state index >= 15 is 0 Å². The largest absolute Gasteiger partial charge is 0.507 e. The molecule has 0 aromatic heterocycles. The third kappa shape index (κ3) is 2.40. The van der Waals surface area contributed by atoms with E-state index in [4.69, 9.17) is 5.11 Å². The Labute approximate surface area is 80.2 Å². The minimum absolute atomic E-state index is 0.672. The molecule has 0 aliphatic carbocycles. The van der Waals surface area contributed by atoms with E-state index in [2.05, 4.69) is 0 Å². The van der Waals surface area contributed by atoms with Crippen molar-refractivity contribution in [2.24, 2.45) is 0 Å². The van der Waals surface area contributed by atoms with Gasteiger partial charge in [-0.1, -0.05) is 19.4 Å². The van der Waals surface area contributed by atoms with Gasteiger partial charge >= 0.3 is 6.18 Å². The molecule has 1 nitrogen and oxygen atoms in total. The van der Waals surface area contributed by atoms with Gasteiger partial charge in [-0.05, 0) is 24.1 Å². The maximum Gasteiger partial charge on any atom is 0.419 e. The molecule has 0 amide bonds. The number of phenolic OH excluding ortho intramolecular Hbond substituents is 1. The Morgan fingerprint density at radius 3 is 2.36 bits per heavy atom. The summed E-state index contributed by atoms with van der Waals surface area (Å²) in [5, 5.41) is 9.13. The Morgan fingerprint density at radius 2 is 1.93 bits per heavy atom. The number of aryl methyl sites for hydroxylation is 1. The van der Waals surface area contributed by atoms with Gasteiger partial charge in [0.1, 0.15) is 5.75 Å². The van der Waals surface area contributed by atoms with Crippen LogP contribution in [0.1, 0.15) is 24.5 Å². The third-order valence-electron chi connectivity index (χ3n) is 1.91. The van der Waals surface area contributed by atoms with Crippen molar-refractivity contribution in [1.29, 1.82) is 0 Å². The summed E-state index contributed by atoms with van der Waals surface area (Å²) in [6.07, 6.45) is -2.97. The molecule has 0 unspecified atom stereocenters. The fourth-order valence-corrected chi connectivity index (χ4v) is 1.26. The first-order valence-electron chi connectivity index (χ1n) is 4.34. The van der Waals surface area contributed by atoms with Crippen molar-refractivity contribution in [3.05, 3.63) is 29.3 Å². The number of benzene rings is 1. The molecule has 4 heteroatoms. The van der Waals surface area contributed by atoms with Crippen LogP contribution in [0.3, 0.4) is 0 Å². The van der Waals surface area contributed by atoms with E-state index < -0.39 is 17.5 Å². The van der Waals surface area contributed by atoms with Crippen molar-refractivity contribution in [2.75, 3.05) is 0 Å². The lowest BCUT2D eigenvalue weighted by Gasteiger charge is -2.09. The molecule has 0 saturated carbocycles. The van der Waals surface area contributed by atoms with E-state index in [1.54, 1.807) is 0 Å². The van der Waals surface area contributed by atoms with E-state index in [1.165, 1.54) is 12.1 Å². The summed E-state index contributed by atoms with van der Waals surface area (Å²) < 4.78 is 36.6. The smallest absolute Gasteiger partial charge is 0.419 e. The molecule has 1 aromatic rings. The molecule has 0 radical (unpaired) electrons. The van der Waals surface area contributed by atoms with E-state index in [0.717, 1.165) is 18.1 Å². The molecule has 78 valence electrons. The molecule has 0 saturated heterocycles. The second kappa shape index (κ2) is 3.90. The zero-order chi connectivity index (χ0) is 10.8. The minimum atomic E-state index is -4.48. The van der Waals surface area contributed by atoms with Crippen LogP contribution in [0.2, 0.25) is 0 Å². The van der Waals surface area contributed by atoms with E-state index in [9.17, 15) is 13.2 Å². The lowest BCUT2D eigenvalue weighted by molar-refractivity contribution is -0.138. The van der Waals surface area contributed by atoms with Gasteiger partial charge in [0, 0.05) is 0 Å². The topological polar surface area (TPSA) is 20.2 Å². The zero-order valence-corrected chi connectivity index (χ0v) is 7.73. The maximum absolute atomic E-state index is 12.2. The zero-order valence-electron chi connectivity index (χ0n) is 7.73. The number of hydrogen-bond donors (Lipinski definition) is 1. The second-order valence-corrected chi connectivity index (χ2v) is 3.10. The van der Waals surface area contributed by atoms with Crippen LogP contribution in [0.5, 0.6) is 5.75 Å². The van der Waals surface area contributed by atoms with Crippen molar-refractivity contribution in [3.63, 3.8) is 0 Å². The number of phenols is 1. The van der Waals surface area contributed by atoms with Gasteiger partial charge < -0.3 is 5.11 Å². The number of rotatable bonds is 2. The van der Waals surface area contributed by atoms with Crippen LogP contribution in [-0.2, 0) is 12.6 Å². The molecule has 1 rings (SSSR count). The van der Waals surface area contributed by atoms with Crippen LogP contribution in [-0.4, -0.2) is 5.11 Å². The fraction of sp³-hybridized carbons (Fsp3) is 0.400. The van der Waals surface area contributed by atoms with Crippen LogP contribution in [0.4, 0.5) is 13.2 Å². The average molecular weight is 204 g/mol. The van der Waals surface area contributed by atoms with Crippen molar-refractivity contribution in [1.82, 2.24) is 0 Å². The second-order valence-electron chi connectivity index (χ2n) is 3.10. The van der Waals surface area contributed by atoms with Crippen molar-refractivity contribution in [2.45, 2.75) is 25.9 Å². The first-order chi connectivity index (χ1) is 6.45. The standard InChI is InChI=1S/C10H11F3O/c1-2-3-7-4-5-8(9(14)6-7)10(11,12)13/h4-6,14H,2-3H2,1H3. The van der Waals surface area contributed by atoms with Crippen molar-refractivity contribution >= 4 is 0 Å². The first kappa shape index (κ1) is 10.9. The molecule has 0 fully saturated rings. The van der Waals surface area contributed by atoms with Gasteiger partial charge in [0.15, 0.2) is 0 Å². The molecular formula is C10H11F3O. The first-order valence-corrected chi connectivity index (χ1v) is 4.34. The Bertz CT molecular complexity index is 318. The van der Waals surface area contributed by atoms with Crippen LogP contribution >= 0.6 is 0 Å². The molecule has 0 bridgehead atoms. The molecule has 0 heterocycles. The number of hydrogen-bond acceptors (Lipinski definition) is 1. The van der Waals surface area contributed by atoms with E-state index in [1.807, 2.05) is 6.92 Å². The molecule has 1 aromatic carbocycles. The monoisotopic (exact) mass is 204 g/mol. The predicted octanol–water partition coefficient (Wildman–Crippen LogP) is 3.36. The van der Waals surface area contributed by atoms with Gasteiger partial charge in [-0.25, -0.2) is 0 Å². The fourth-order valence-electron chi connectivity index (χ4n) is 1.26. The van der Waals surface area contributed by atoms with Crippen LogP contribution in [0, 0.1) is 0 Å². The minimum Gasteiger partial charge on any atom is -0.507 e. The van der Waals surface area contributed by atoms with E-state index in [0.29, 0.717) is 6.42 Å². The molecule has 0 aliphatic rings. The number of aromatic hydroxyl groups is 1. The third-order valence-corrected chi connectivity index (χ3v) is 1.91. The SMILES string of the molecule is CCCc1ccc(C(F)(F)F)c(O)c1. The molecule has 1 N–H and O–H groups in total. The van der Waals surface area contributed by atoms with Crippen LogP contribution in [0.25, 0.3) is 0 Å². The average Bonchev–Trinajstić information content (AvgIpc) is 2.02. The number of halogens is 3. The highest BCUT2D eigenvalue weighted by Crippen LogP contribution is 2.35. The Hall–Kier alpha value is -1.19. The Kier molecular flexibility index (Phi) is 3.03. The predicted molar refractivity (Wildman–Crippen MR) is 47.1 cm³/mol. The summed E-state index contributed by atoms with van der Waals surface area (Å²) in [7, 11) is 0. The molecular weight excluding hydrogens is 193 g/mol. The highest BCUT2D eigenvalue weighted by molar-refractivity contribution is 5.38. The lowest BCUT2D eigenvalue weighted by Crippen LogP contribution is -2.05. The normalized spacial score (nSPS) is 11.7. The summed E-state index contributed by atoms with van der Waals surface area (Å²) in [5.41, 5.74) is -0.254. The van der Waals surface area contributed by atoms with Crippen LogP contribution in [0.15, 0.2) is 18.2 Å². The van der Waals surface area contributed by atoms with Gasteiger partial charge in [0.05, 0.1) is 5.56 Å². The maximum atomic E-state index is 12.2. The summed E-state index contributed by atoms with van der Waals surface area (Å²) in [6.45, 7) is 1.93. The summed E-state index contributed by atoms with van der Waals surface area (Å²) in [4.78, 5) is 0. The van der Waals surface area contributed by atoms with E-state index in [-0.39, 0.29) is 0 Å². The highest BCUT2D eigenvalue weighted by atomic mass is 19.4. The summed E-state index contributed by atoms with van der Waals surface area (Å²) in [6, 6.07) is 3.48. The molecule has 14 heavy (non-hydrogen) atoms. The van der Waals surface area contributed by atoms with Gasteiger partial charge in [-0.2, -0.15) is 13.2 Å². The van der Waals surface area contributed by atoms with Gasteiger partial charge in [-0.3, -0.25) is 0 Å². The Balaban J connectivity index is 3.02.